The van der Waals surface area contributed by atoms with Crippen molar-refractivity contribution in [1.29, 1.82) is 0 Å². The highest BCUT2D eigenvalue weighted by Crippen LogP contribution is 2.38. The minimum absolute atomic E-state index is 0.00671. The molecule has 1 aliphatic heterocycles. The molecule has 1 spiro atoms. The summed E-state index contributed by atoms with van der Waals surface area (Å²) in [7, 11) is 0. The van der Waals surface area contributed by atoms with Crippen LogP contribution in [-0.2, 0) is 14.4 Å². The van der Waals surface area contributed by atoms with Crippen molar-refractivity contribution < 1.29 is 23.6 Å². The number of rotatable bonds is 5. The Hall–Kier alpha value is -2.97. The van der Waals surface area contributed by atoms with Crippen LogP contribution in [0.2, 0.25) is 0 Å². The number of urea groups is 1. The van der Waals surface area contributed by atoms with Crippen LogP contribution in [0.5, 0.6) is 0 Å². The van der Waals surface area contributed by atoms with Crippen molar-refractivity contribution in [3.63, 3.8) is 0 Å². The number of anilines is 1. The van der Waals surface area contributed by atoms with E-state index in [1.54, 1.807) is 0 Å². The largest absolute Gasteiger partial charge is 0.345 e. The molecule has 1 aliphatic carbocycles. The first kappa shape index (κ1) is 19.8. The van der Waals surface area contributed by atoms with Crippen molar-refractivity contribution in [2.45, 2.75) is 38.1 Å². The number of carbonyl (C=O) groups is 4. The highest BCUT2D eigenvalue weighted by atomic mass is 19.1. The van der Waals surface area contributed by atoms with Crippen LogP contribution in [0.15, 0.2) is 24.3 Å². The number of imide groups is 1. The second-order valence-electron chi connectivity index (χ2n) is 7.27. The summed E-state index contributed by atoms with van der Waals surface area (Å²) in [4.78, 5) is 50.0. The zero-order valence-electron chi connectivity index (χ0n) is 15.6. The molecule has 2 unspecified atom stereocenters. The molecule has 1 saturated heterocycles. The van der Waals surface area contributed by atoms with Gasteiger partial charge in [-0.2, -0.15) is 0 Å². The van der Waals surface area contributed by atoms with E-state index in [0.717, 1.165) is 24.2 Å². The van der Waals surface area contributed by atoms with E-state index in [-0.39, 0.29) is 18.4 Å². The van der Waals surface area contributed by atoms with E-state index in [4.69, 9.17) is 0 Å². The first-order valence-corrected chi connectivity index (χ1v) is 9.28. The smallest absolute Gasteiger partial charge is 0.325 e. The van der Waals surface area contributed by atoms with Gasteiger partial charge in [0.15, 0.2) is 0 Å². The second kappa shape index (κ2) is 7.95. The summed E-state index contributed by atoms with van der Waals surface area (Å²) < 4.78 is 12.9. The summed E-state index contributed by atoms with van der Waals surface area (Å²) in [5.41, 5.74) is -0.529. The van der Waals surface area contributed by atoms with E-state index in [0.29, 0.717) is 12.1 Å². The van der Waals surface area contributed by atoms with Gasteiger partial charge >= 0.3 is 6.03 Å². The van der Waals surface area contributed by atoms with Gasteiger partial charge in [-0.25, -0.2) is 9.18 Å². The topological polar surface area (TPSA) is 108 Å². The summed E-state index contributed by atoms with van der Waals surface area (Å²) in [5.74, 6) is -1.92. The Morgan fingerprint density at radius 1 is 1.21 bits per heavy atom. The number of amides is 5. The maximum Gasteiger partial charge on any atom is 0.325 e. The minimum atomic E-state index is -0.921. The molecule has 1 aromatic carbocycles. The average Bonchev–Trinajstić information content (AvgIpc) is 2.89. The molecule has 1 aromatic rings. The van der Waals surface area contributed by atoms with E-state index in [2.05, 4.69) is 16.0 Å². The highest BCUT2D eigenvalue weighted by molar-refractivity contribution is 6.09. The van der Waals surface area contributed by atoms with Crippen molar-refractivity contribution in [3.05, 3.63) is 30.1 Å². The van der Waals surface area contributed by atoms with Crippen LogP contribution in [0.3, 0.4) is 0 Å². The first-order valence-electron chi connectivity index (χ1n) is 9.28. The van der Waals surface area contributed by atoms with Crippen molar-refractivity contribution in [2.75, 3.05) is 18.4 Å². The lowest BCUT2D eigenvalue weighted by Crippen LogP contribution is -2.54. The van der Waals surface area contributed by atoms with Gasteiger partial charge in [-0.1, -0.05) is 19.8 Å². The van der Waals surface area contributed by atoms with Crippen LogP contribution >= 0.6 is 0 Å². The number of hydrogen-bond donors (Lipinski definition) is 3. The normalized spacial score (nSPS) is 24.2. The minimum Gasteiger partial charge on any atom is -0.345 e. The highest BCUT2D eigenvalue weighted by Gasteiger charge is 2.55. The number of nitrogens with one attached hydrogen (secondary N) is 3. The van der Waals surface area contributed by atoms with Crippen LogP contribution in [0.25, 0.3) is 0 Å². The van der Waals surface area contributed by atoms with Gasteiger partial charge in [-0.3, -0.25) is 19.3 Å². The number of nitrogens with zero attached hydrogens (tertiary/aromatic N) is 1. The predicted molar refractivity (Wildman–Crippen MR) is 98.6 cm³/mol. The Bertz CT molecular complexity index is 798. The molecular formula is C19H23FN4O4. The lowest BCUT2D eigenvalue weighted by atomic mass is 9.73. The van der Waals surface area contributed by atoms with E-state index < -0.39 is 35.7 Å². The van der Waals surface area contributed by atoms with E-state index >= 15 is 0 Å². The molecule has 2 aliphatic rings. The lowest BCUT2D eigenvalue weighted by molar-refractivity contribution is -0.137. The van der Waals surface area contributed by atoms with Crippen molar-refractivity contribution in [3.8, 4) is 0 Å². The van der Waals surface area contributed by atoms with Crippen LogP contribution < -0.4 is 16.0 Å². The molecule has 2 atom stereocenters. The van der Waals surface area contributed by atoms with E-state index in [9.17, 15) is 23.6 Å². The molecule has 0 radical (unpaired) electrons. The third kappa shape index (κ3) is 3.97. The van der Waals surface area contributed by atoms with Gasteiger partial charge in [0.1, 0.15) is 17.9 Å². The maximum atomic E-state index is 12.9. The van der Waals surface area contributed by atoms with Crippen LogP contribution in [0.4, 0.5) is 14.9 Å². The zero-order valence-corrected chi connectivity index (χ0v) is 15.6. The SMILES string of the molecule is CC1CCCCC12NC(=O)N(CC(=O)NCC(=O)Nc1ccc(F)cc1)C2=O. The average molecular weight is 390 g/mol. The van der Waals surface area contributed by atoms with Crippen molar-refractivity contribution in [1.82, 2.24) is 15.5 Å². The number of benzene rings is 1. The Balaban J connectivity index is 1.51. The maximum absolute atomic E-state index is 12.9. The fourth-order valence-electron chi connectivity index (χ4n) is 3.76. The number of halogens is 1. The van der Waals surface area contributed by atoms with Crippen molar-refractivity contribution >= 4 is 29.4 Å². The summed E-state index contributed by atoms with van der Waals surface area (Å²) in [6.07, 6.45) is 3.27. The predicted octanol–water partition coefficient (Wildman–Crippen LogP) is 1.38. The molecule has 1 heterocycles. The van der Waals surface area contributed by atoms with Gasteiger partial charge in [-0.15, -0.1) is 0 Å². The molecule has 8 nitrogen and oxygen atoms in total. The third-order valence-electron chi connectivity index (χ3n) is 5.38. The molecule has 9 heteroatoms. The van der Waals surface area contributed by atoms with Gasteiger partial charge in [0.25, 0.3) is 5.91 Å². The summed E-state index contributed by atoms with van der Waals surface area (Å²) in [6, 6.07) is 4.62. The standard InChI is InChI=1S/C19H23FN4O4/c1-12-4-2-3-9-19(12)17(27)24(18(28)23-19)11-16(26)21-10-15(25)22-14-7-5-13(20)6-8-14/h5-8,12H,2-4,9-11H2,1H3,(H,21,26)(H,22,25)(H,23,28). The van der Waals surface area contributed by atoms with Crippen LogP contribution in [0.1, 0.15) is 32.6 Å². The molecule has 0 aromatic heterocycles. The van der Waals surface area contributed by atoms with Gasteiger partial charge < -0.3 is 16.0 Å². The fourth-order valence-corrected chi connectivity index (χ4v) is 3.76. The van der Waals surface area contributed by atoms with Crippen LogP contribution in [0, 0.1) is 11.7 Å². The second-order valence-corrected chi connectivity index (χ2v) is 7.27. The first-order chi connectivity index (χ1) is 13.3. The molecule has 2 fully saturated rings. The van der Waals surface area contributed by atoms with Gasteiger partial charge in [0.05, 0.1) is 6.54 Å². The summed E-state index contributed by atoms with van der Waals surface area (Å²) in [5, 5.41) is 7.67. The Morgan fingerprint density at radius 2 is 1.93 bits per heavy atom. The van der Waals surface area contributed by atoms with E-state index in [1.165, 1.54) is 24.3 Å². The monoisotopic (exact) mass is 390 g/mol. The Kier molecular flexibility index (Phi) is 5.62. The molecule has 5 amide bonds. The molecule has 3 N–H and O–H groups in total. The van der Waals surface area contributed by atoms with Crippen molar-refractivity contribution in [2.24, 2.45) is 5.92 Å². The molecule has 28 heavy (non-hydrogen) atoms. The lowest BCUT2D eigenvalue weighted by Gasteiger charge is -2.36. The molecule has 3 rings (SSSR count). The Labute approximate surface area is 161 Å². The molecular weight excluding hydrogens is 367 g/mol. The van der Waals surface area contributed by atoms with Gasteiger partial charge in [-0.05, 0) is 43.0 Å². The quantitative estimate of drug-likeness (QED) is 0.660. The van der Waals surface area contributed by atoms with Crippen LogP contribution in [-0.4, -0.2) is 47.3 Å². The van der Waals surface area contributed by atoms with Gasteiger partial charge in [0.2, 0.25) is 11.8 Å². The zero-order chi connectivity index (χ0) is 20.3. The summed E-state index contributed by atoms with van der Waals surface area (Å²) >= 11 is 0. The Morgan fingerprint density at radius 3 is 2.61 bits per heavy atom. The van der Waals surface area contributed by atoms with Gasteiger partial charge in [0, 0.05) is 5.69 Å². The number of hydrogen-bond acceptors (Lipinski definition) is 4. The fraction of sp³-hybridized carbons (Fsp3) is 0.474. The molecule has 0 bridgehead atoms. The summed E-state index contributed by atoms with van der Waals surface area (Å²) in [6.45, 7) is 1.16. The van der Waals surface area contributed by atoms with E-state index in [1.807, 2.05) is 6.92 Å². The number of carbonyl (C=O) groups excluding carboxylic acids is 4. The molecule has 150 valence electrons. The third-order valence-corrected chi connectivity index (χ3v) is 5.38. The molecule has 1 saturated carbocycles.